The van der Waals surface area contributed by atoms with Crippen molar-refractivity contribution >= 4 is 28.3 Å². The van der Waals surface area contributed by atoms with Gasteiger partial charge in [-0.3, -0.25) is 9.48 Å². The fourth-order valence-corrected chi connectivity index (χ4v) is 2.89. The first-order chi connectivity index (χ1) is 10.1. The average molecular weight is 301 g/mol. The Hall–Kier alpha value is -2.28. The van der Waals surface area contributed by atoms with Crippen LogP contribution in [-0.4, -0.2) is 25.7 Å². The molecule has 7 heteroatoms. The lowest BCUT2D eigenvalue weighted by Crippen LogP contribution is -2.12. The van der Waals surface area contributed by atoms with Gasteiger partial charge in [-0.2, -0.15) is 5.10 Å². The van der Waals surface area contributed by atoms with Gasteiger partial charge in [0.15, 0.2) is 0 Å². The Bertz CT molecular complexity index is 778. The number of aryl methyl sites for hydroxylation is 2. The smallest absolute Gasteiger partial charge is 0.217 e. The van der Waals surface area contributed by atoms with Crippen molar-refractivity contribution < 1.29 is 4.79 Å². The quantitative estimate of drug-likeness (QED) is 0.782. The Morgan fingerprint density at radius 1 is 1.43 bits per heavy atom. The number of nitrogens with zero attached hydrogens (tertiary/aromatic N) is 4. The molecule has 0 unspecified atom stereocenters. The van der Waals surface area contributed by atoms with Crippen LogP contribution in [0.3, 0.4) is 0 Å². The van der Waals surface area contributed by atoms with Crippen LogP contribution in [0.2, 0.25) is 0 Å². The van der Waals surface area contributed by atoms with Crippen LogP contribution < -0.4 is 5.73 Å². The SMILES string of the molecule is Cc1cc(-c2cscn2)nc2cnn(CCCC(N)=O)c12. The van der Waals surface area contributed by atoms with Crippen molar-refractivity contribution in [1.29, 1.82) is 0 Å². The van der Waals surface area contributed by atoms with Gasteiger partial charge < -0.3 is 5.73 Å². The van der Waals surface area contributed by atoms with Crippen molar-refractivity contribution in [2.45, 2.75) is 26.3 Å². The summed E-state index contributed by atoms with van der Waals surface area (Å²) < 4.78 is 1.88. The Kier molecular flexibility index (Phi) is 3.66. The normalized spacial score (nSPS) is 11.1. The number of primary amides is 1. The van der Waals surface area contributed by atoms with E-state index < -0.39 is 0 Å². The van der Waals surface area contributed by atoms with Crippen LogP contribution in [0.1, 0.15) is 18.4 Å². The van der Waals surface area contributed by atoms with E-state index in [2.05, 4.69) is 15.1 Å². The Labute approximate surface area is 125 Å². The minimum atomic E-state index is -0.285. The third-order valence-electron chi connectivity index (χ3n) is 3.28. The first-order valence-corrected chi connectivity index (χ1v) is 7.59. The molecular weight excluding hydrogens is 286 g/mol. The summed E-state index contributed by atoms with van der Waals surface area (Å²) >= 11 is 1.55. The number of rotatable bonds is 5. The molecule has 0 aliphatic carbocycles. The van der Waals surface area contributed by atoms with Crippen LogP contribution in [-0.2, 0) is 11.3 Å². The highest BCUT2D eigenvalue weighted by molar-refractivity contribution is 7.07. The van der Waals surface area contributed by atoms with Gasteiger partial charge in [0.25, 0.3) is 0 Å². The zero-order valence-corrected chi connectivity index (χ0v) is 12.4. The molecule has 0 aliphatic heterocycles. The van der Waals surface area contributed by atoms with Crippen molar-refractivity contribution in [3.8, 4) is 11.4 Å². The average Bonchev–Trinajstić information content (AvgIpc) is 3.07. The van der Waals surface area contributed by atoms with E-state index in [1.54, 1.807) is 23.0 Å². The largest absolute Gasteiger partial charge is 0.370 e. The van der Waals surface area contributed by atoms with Crippen LogP contribution >= 0.6 is 11.3 Å². The van der Waals surface area contributed by atoms with E-state index in [0.29, 0.717) is 19.4 Å². The first-order valence-electron chi connectivity index (χ1n) is 6.65. The molecule has 0 saturated heterocycles. The van der Waals surface area contributed by atoms with Crippen LogP contribution in [0.4, 0.5) is 0 Å². The van der Waals surface area contributed by atoms with E-state index >= 15 is 0 Å². The van der Waals surface area contributed by atoms with E-state index in [0.717, 1.165) is 28.0 Å². The van der Waals surface area contributed by atoms with Gasteiger partial charge in [-0.15, -0.1) is 11.3 Å². The van der Waals surface area contributed by atoms with Gasteiger partial charge in [0.05, 0.1) is 28.6 Å². The highest BCUT2D eigenvalue weighted by Gasteiger charge is 2.11. The number of hydrogen-bond donors (Lipinski definition) is 1. The Morgan fingerprint density at radius 3 is 3.00 bits per heavy atom. The van der Waals surface area contributed by atoms with Gasteiger partial charge in [-0.05, 0) is 25.0 Å². The van der Waals surface area contributed by atoms with Gasteiger partial charge >= 0.3 is 0 Å². The van der Waals surface area contributed by atoms with Crippen LogP contribution in [0, 0.1) is 6.92 Å². The van der Waals surface area contributed by atoms with Gasteiger partial charge in [0, 0.05) is 18.3 Å². The van der Waals surface area contributed by atoms with Crippen molar-refractivity contribution in [2.75, 3.05) is 0 Å². The maximum atomic E-state index is 10.8. The number of aromatic nitrogens is 4. The summed E-state index contributed by atoms with van der Waals surface area (Å²) in [5.41, 5.74) is 11.6. The second kappa shape index (κ2) is 5.61. The minimum Gasteiger partial charge on any atom is -0.370 e. The lowest BCUT2D eigenvalue weighted by Gasteiger charge is -2.06. The number of fused-ring (bicyclic) bond motifs is 1. The number of pyridine rings is 1. The zero-order chi connectivity index (χ0) is 14.8. The summed E-state index contributed by atoms with van der Waals surface area (Å²) in [5.74, 6) is -0.285. The van der Waals surface area contributed by atoms with Crippen molar-refractivity contribution in [3.05, 3.63) is 28.7 Å². The molecule has 0 aromatic carbocycles. The molecule has 3 heterocycles. The molecule has 0 aliphatic rings. The number of hydrogen-bond acceptors (Lipinski definition) is 5. The molecule has 3 aromatic heterocycles. The molecule has 0 saturated carbocycles. The maximum Gasteiger partial charge on any atom is 0.217 e. The molecule has 0 bridgehead atoms. The third kappa shape index (κ3) is 2.78. The van der Waals surface area contributed by atoms with Crippen LogP contribution in [0.5, 0.6) is 0 Å². The van der Waals surface area contributed by atoms with E-state index in [1.807, 2.05) is 23.1 Å². The molecule has 3 aromatic rings. The first kappa shape index (κ1) is 13.7. The predicted octanol–water partition coefficient (Wildman–Crippen LogP) is 2.13. The number of carbonyl (C=O) groups is 1. The fourth-order valence-electron chi connectivity index (χ4n) is 2.34. The molecular formula is C14H15N5OS. The summed E-state index contributed by atoms with van der Waals surface area (Å²) in [6, 6.07) is 2.02. The van der Waals surface area contributed by atoms with Crippen LogP contribution in [0.15, 0.2) is 23.2 Å². The number of amides is 1. The van der Waals surface area contributed by atoms with Gasteiger partial charge in [0.1, 0.15) is 5.52 Å². The van der Waals surface area contributed by atoms with E-state index in [-0.39, 0.29) is 5.91 Å². The summed E-state index contributed by atoms with van der Waals surface area (Å²) in [7, 11) is 0. The molecule has 0 atom stereocenters. The standard InChI is InChI=1S/C14H15N5OS/c1-9-5-10(12-7-21-8-16-12)18-11-6-17-19(14(9)11)4-2-3-13(15)20/h5-8H,2-4H2,1H3,(H2,15,20). The monoisotopic (exact) mass is 301 g/mol. The van der Waals surface area contributed by atoms with Crippen molar-refractivity contribution in [2.24, 2.45) is 5.73 Å². The zero-order valence-electron chi connectivity index (χ0n) is 11.6. The Balaban J connectivity index is 1.93. The summed E-state index contributed by atoms with van der Waals surface area (Å²) in [4.78, 5) is 19.7. The van der Waals surface area contributed by atoms with Crippen molar-refractivity contribution in [3.63, 3.8) is 0 Å². The molecule has 108 valence electrons. The maximum absolute atomic E-state index is 10.8. The van der Waals surface area contributed by atoms with E-state index in [4.69, 9.17) is 5.73 Å². The second-order valence-corrected chi connectivity index (χ2v) is 5.59. The summed E-state index contributed by atoms with van der Waals surface area (Å²) in [6.07, 6.45) is 2.80. The molecule has 1 amide bonds. The number of carbonyl (C=O) groups excluding carboxylic acids is 1. The van der Waals surface area contributed by atoms with Gasteiger partial charge in [-0.25, -0.2) is 9.97 Å². The van der Waals surface area contributed by atoms with E-state index in [9.17, 15) is 4.79 Å². The molecule has 0 radical (unpaired) electrons. The lowest BCUT2D eigenvalue weighted by molar-refractivity contribution is -0.118. The molecule has 21 heavy (non-hydrogen) atoms. The fraction of sp³-hybridized carbons (Fsp3) is 0.286. The van der Waals surface area contributed by atoms with Crippen LogP contribution in [0.25, 0.3) is 22.4 Å². The summed E-state index contributed by atoms with van der Waals surface area (Å²) in [5, 5.41) is 6.34. The lowest BCUT2D eigenvalue weighted by atomic mass is 10.2. The highest BCUT2D eigenvalue weighted by atomic mass is 32.1. The number of thiazole rings is 1. The third-order valence-corrected chi connectivity index (χ3v) is 3.86. The van der Waals surface area contributed by atoms with Gasteiger partial charge in [0.2, 0.25) is 5.91 Å². The van der Waals surface area contributed by atoms with Crippen molar-refractivity contribution in [1.82, 2.24) is 19.7 Å². The Morgan fingerprint density at radius 2 is 2.29 bits per heavy atom. The molecule has 3 rings (SSSR count). The van der Waals surface area contributed by atoms with E-state index in [1.165, 1.54) is 0 Å². The van der Waals surface area contributed by atoms with Gasteiger partial charge in [-0.1, -0.05) is 0 Å². The summed E-state index contributed by atoms with van der Waals surface area (Å²) in [6.45, 7) is 2.69. The topological polar surface area (TPSA) is 86.7 Å². The minimum absolute atomic E-state index is 0.285. The second-order valence-electron chi connectivity index (χ2n) is 4.87. The number of nitrogens with two attached hydrogens (primary N) is 1. The highest BCUT2D eigenvalue weighted by Crippen LogP contribution is 2.24. The molecule has 0 fully saturated rings. The molecule has 6 nitrogen and oxygen atoms in total. The molecule has 2 N–H and O–H groups in total. The predicted molar refractivity (Wildman–Crippen MR) is 81.8 cm³/mol. The molecule has 0 spiro atoms.